The van der Waals surface area contributed by atoms with Crippen LogP contribution >= 0.6 is 0 Å². The van der Waals surface area contributed by atoms with Crippen molar-refractivity contribution in [2.24, 2.45) is 11.8 Å². The average molecular weight is 246 g/mol. The molecule has 1 atom stereocenters. The van der Waals surface area contributed by atoms with E-state index >= 15 is 0 Å². The maximum atomic E-state index is 11.4. The van der Waals surface area contributed by atoms with Gasteiger partial charge in [-0.2, -0.15) is 0 Å². The molecule has 0 aliphatic heterocycles. The van der Waals surface area contributed by atoms with Crippen LogP contribution in [0.25, 0.3) is 0 Å². The van der Waals surface area contributed by atoms with Crippen LogP contribution in [-0.2, 0) is 19.1 Å². The third-order valence-electron chi connectivity index (χ3n) is 1.93. The van der Waals surface area contributed by atoms with Gasteiger partial charge >= 0.3 is 18.1 Å². The molecule has 0 aliphatic carbocycles. The Balaban J connectivity index is 4.67. The van der Waals surface area contributed by atoms with Crippen molar-refractivity contribution >= 4 is 23.9 Å². The van der Waals surface area contributed by atoms with E-state index in [2.05, 4.69) is 4.74 Å². The van der Waals surface area contributed by atoms with E-state index in [1.807, 2.05) is 0 Å². The van der Waals surface area contributed by atoms with Crippen LogP contribution in [0.3, 0.4) is 0 Å². The van der Waals surface area contributed by atoms with Gasteiger partial charge in [0.05, 0.1) is 6.42 Å². The predicted octanol–water partition coefficient (Wildman–Crippen LogP) is 0.914. The minimum Gasteiger partial charge on any atom is -0.481 e. The first kappa shape index (κ1) is 15.1. The Kier molecular flexibility index (Phi) is 5.87. The van der Waals surface area contributed by atoms with Gasteiger partial charge in [-0.25, -0.2) is 9.59 Å². The molecule has 0 saturated carbocycles. The Labute approximate surface area is 97.4 Å². The smallest absolute Gasteiger partial charge is 0.481 e. The van der Waals surface area contributed by atoms with Gasteiger partial charge in [-0.05, 0) is 12.3 Å². The first-order chi connectivity index (χ1) is 7.73. The lowest BCUT2D eigenvalue weighted by molar-refractivity contribution is -0.154. The second kappa shape index (κ2) is 6.62. The van der Waals surface area contributed by atoms with Gasteiger partial charge in [-0.15, -0.1) is 0 Å². The zero-order valence-electron chi connectivity index (χ0n) is 9.50. The predicted molar refractivity (Wildman–Crippen MR) is 54.3 cm³/mol. The van der Waals surface area contributed by atoms with Gasteiger partial charge in [0, 0.05) is 5.92 Å². The molecule has 0 saturated heterocycles. The van der Waals surface area contributed by atoms with Gasteiger partial charge in [0.2, 0.25) is 5.78 Å². The van der Waals surface area contributed by atoms with Crippen LogP contribution in [0.1, 0.15) is 26.7 Å². The molecule has 0 aliphatic rings. The van der Waals surface area contributed by atoms with E-state index in [0.29, 0.717) is 0 Å². The Morgan fingerprint density at radius 3 is 2.00 bits per heavy atom. The molecule has 0 aromatic rings. The van der Waals surface area contributed by atoms with Crippen molar-refractivity contribution in [2.45, 2.75) is 26.7 Å². The molecule has 7 heteroatoms. The van der Waals surface area contributed by atoms with Gasteiger partial charge in [0.15, 0.2) is 0 Å². The molecule has 2 N–H and O–H groups in total. The lowest BCUT2D eigenvalue weighted by Gasteiger charge is -2.14. The third kappa shape index (κ3) is 6.29. The van der Waals surface area contributed by atoms with Crippen LogP contribution in [0.15, 0.2) is 0 Å². The summed E-state index contributed by atoms with van der Waals surface area (Å²) in [6.07, 6.45) is -2.23. The van der Waals surface area contributed by atoms with E-state index in [4.69, 9.17) is 10.2 Å². The van der Waals surface area contributed by atoms with Gasteiger partial charge in [-0.3, -0.25) is 9.59 Å². The Hall–Kier alpha value is -1.92. The highest BCUT2D eigenvalue weighted by Gasteiger charge is 2.30. The van der Waals surface area contributed by atoms with Gasteiger partial charge in [-0.1, -0.05) is 13.8 Å². The van der Waals surface area contributed by atoms with E-state index in [1.165, 1.54) is 0 Å². The highest BCUT2D eigenvalue weighted by atomic mass is 16.7. The molecule has 0 bridgehead atoms. The number of aliphatic carboxylic acids is 1. The molecule has 0 amide bonds. The number of carboxylic acid groups (broad SMARTS) is 2. The number of ketones is 1. The number of carbonyl (C=O) groups excluding carboxylic acids is 2. The number of esters is 1. The Morgan fingerprint density at radius 2 is 1.65 bits per heavy atom. The van der Waals surface area contributed by atoms with Gasteiger partial charge in [0.25, 0.3) is 0 Å². The summed E-state index contributed by atoms with van der Waals surface area (Å²) in [6, 6.07) is 0. The number of carboxylic acids is 1. The largest absolute Gasteiger partial charge is 0.513 e. The summed E-state index contributed by atoms with van der Waals surface area (Å²) < 4.78 is 3.69. The number of carbonyl (C=O) groups is 4. The minimum absolute atomic E-state index is 0.000859. The number of rotatable bonds is 6. The van der Waals surface area contributed by atoms with Crippen molar-refractivity contribution in [1.82, 2.24) is 0 Å². The summed E-state index contributed by atoms with van der Waals surface area (Å²) in [5.41, 5.74) is 0. The van der Waals surface area contributed by atoms with Crippen LogP contribution in [0.2, 0.25) is 0 Å². The lowest BCUT2D eigenvalue weighted by Crippen LogP contribution is -2.30. The second-order valence-corrected chi connectivity index (χ2v) is 3.94. The fraction of sp³-hybridized carbons (Fsp3) is 0.600. The molecule has 0 aromatic carbocycles. The molecule has 0 heterocycles. The normalized spacial score (nSPS) is 11.9. The molecule has 0 radical (unpaired) electrons. The molecule has 7 nitrogen and oxygen atoms in total. The molecule has 0 rings (SSSR count). The number of hydrogen-bond donors (Lipinski definition) is 2. The van der Waals surface area contributed by atoms with Crippen LogP contribution in [-0.4, -0.2) is 34.1 Å². The molecule has 0 spiro atoms. The number of Topliss-reactive ketones (excluding diaryl/α,β-unsaturated/α-hetero) is 1. The van der Waals surface area contributed by atoms with E-state index in [-0.39, 0.29) is 12.3 Å². The molecule has 17 heavy (non-hydrogen) atoms. The van der Waals surface area contributed by atoms with Crippen molar-refractivity contribution < 1.29 is 34.1 Å². The zero-order valence-corrected chi connectivity index (χ0v) is 9.50. The zero-order chi connectivity index (χ0) is 13.6. The fourth-order valence-corrected chi connectivity index (χ4v) is 1.36. The molecule has 1 unspecified atom stereocenters. The highest BCUT2D eigenvalue weighted by molar-refractivity contribution is 6.36. The van der Waals surface area contributed by atoms with E-state index in [0.717, 1.165) is 0 Å². The van der Waals surface area contributed by atoms with Crippen molar-refractivity contribution in [3.05, 3.63) is 0 Å². The summed E-state index contributed by atoms with van der Waals surface area (Å²) in [7, 11) is 0. The van der Waals surface area contributed by atoms with E-state index in [9.17, 15) is 19.2 Å². The van der Waals surface area contributed by atoms with Crippen LogP contribution < -0.4 is 0 Å². The fourth-order valence-electron chi connectivity index (χ4n) is 1.36. The number of hydrogen-bond acceptors (Lipinski definition) is 5. The van der Waals surface area contributed by atoms with E-state index < -0.39 is 36.2 Å². The standard InChI is InChI=1S/C10H14O7/c1-5(2)3-6(4-7(11)12)8(13)9(14)17-10(15)16/h5-6H,3-4H2,1-2H3,(H,11,12)(H,15,16). The topological polar surface area (TPSA) is 118 Å². The van der Waals surface area contributed by atoms with E-state index in [1.54, 1.807) is 13.8 Å². The maximum Gasteiger partial charge on any atom is 0.513 e. The molecular formula is C10H14O7. The van der Waals surface area contributed by atoms with Gasteiger partial charge in [0.1, 0.15) is 0 Å². The first-order valence-electron chi connectivity index (χ1n) is 4.94. The summed E-state index contributed by atoms with van der Waals surface area (Å²) in [4.78, 5) is 43.1. The maximum absolute atomic E-state index is 11.4. The number of ether oxygens (including phenoxy) is 1. The second-order valence-electron chi connectivity index (χ2n) is 3.94. The summed E-state index contributed by atoms with van der Waals surface area (Å²) in [5.74, 6) is -4.94. The lowest BCUT2D eigenvalue weighted by atomic mass is 9.90. The van der Waals surface area contributed by atoms with Crippen molar-refractivity contribution in [2.75, 3.05) is 0 Å². The van der Waals surface area contributed by atoms with Gasteiger partial charge < -0.3 is 14.9 Å². The summed E-state index contributed by atoms with van der Waals surface area (Å²) in [6.45, 7) is 3.51. The summed E-state index contributed by atoms with van der Waals surface area (Å²) in [5, 5.41) is 16.8. The molecule has 0 aromatic heterocycles. The molecule has 96 valence electrons. The summed E-state index contributed by atoms with van der Waals surface area (Å²) >= 11 is 0. The molecular weight excluding hydrogens is 232 g/mol. The van der Waals surface area contributed by atoms with Crippen molar-refractivity contribution in [1.29, 1.82) is 0 Å². The minimum atomic E-state index is -1.89. The Morgan fingerprint density at radius 1 is 1.12 bits per heavy atom. The van der Waals surface area contributed by atoms with Crippen LogP contribution in [0.4, 0.5) is 4.79 Å². The third-order valence-corrected chi connectivity index (χ3v) is 1.93. The van der Waals surface area contributed by atoms with Crippen LogP contribution in [0.5, 0.6) is 0 Å². The Bertz CT molecular complexity index is 332. The SMILES string of the molecule is CC(C)CC(CC(=O)O)C(=O)C(=O)OC(=O)O. The first-order valence-corrected chi connectivity index (χ1v) is 4.94. The highest BCUT2D eigenvalue weighted by Crippen LogP contribution is 2.17. The quantitative estimate of drug-likeness (QED) is 0.406. The molecule has 0 fully saturated rings. The van der Waals surface area contributed by atoms with Crippen molar-refractivity contribution in [3.63, 3.8) is 0 Å². The van der Waals surface area contributed by atoms with Crippen molar-refractivity contribution in [3.8, 4) is 0 Å². The monoisotopic (exact) mass is 246 g/mol. The average Bonchev–Trinajstić information content (AvgIpc) is 2.12. The van der Waals surface area contributed by atoms with Crippen LogP contribution in [0, 0.1) is 11.8 Å².